The summed E-state index contributed by atoms with van der Waals surface area (Å²) in [6.45, 7) is 0.264. The van der Waals surface area contributed by atoms with Gasteiger partial charge in [-0.2, -0.15) is 4.31 Å². The van der Waals surface area contributed by atoms with E-state index in [1.54, 1.807) is 0 Å². The van der Waals surface area contributed by atoms with Crippen LogP contribution in [0, 0.1) is 0 Å². The van der Waals surface area contributed by atoms with Crippen molar-refractivity contribution in [2.45, 2.75) is 17.5 Å². The third-order valence-corrected chi connectivity index (χ3v) is 7.15. The number of sulfonamides is 1. The molecular formula is C22H21ClN2O3S. The van der Waals surface area contributed by atoms with Gasteiger partial charge in [-0.15, -0.1) is 0 Å². The Morgan fingerprint density at radius 3 is 2.00 bits per heavy atom. The minimum Gasteiger partial charge on any atom is -0.390 e. The zero-order chi connectivity index (χ0) is 20.6. The highest BCUT2D eigenvalue weighted by Gasteiger charge is 2.24. The van der Waals surface area contributed by atoms with E-state index < -0.39 is 16.1 Å². The van der Waals surface area contributed by atoms with E-state index in [9.17, 15) is 13.5 Å². The molecule has 3 aromatic carbocycles. The van der Waals surface area contributed by atoms with Gasteiger partial charge in [-0.1, -0.05) is 48.0 Å². The summed E-state index contributed by atoms with van der Waals surface area (Å²) < 4.78 is 28.8. The van der Waals surface area contributed by atoms with Crippen molar-refractivity contribution in [1.82, 2.24) is 8.87 Å². The first kappa shape index (κ1) is 19.9. The van der Waals surface area contributed by atoms with E-state index in [1.807, 2.05) is 41.0 Å². The third kappa shape index (κ3) is 3.76. The molecule has 1 N–H and O–H groups in total. The average Bonchev–Trinajstić information content (AvgIpc) is 3.02. The van der Waals surface area contributed by atoms with E-state index in [1.165, 1.54) is 35.6 Å². The van der Waals surface area contributed by atoms with Gasteiger partial charge in [0.2, 0.25) is 10.0 Å². The molecule has 4 aromatic rings. The van der Waals surface area contributed by atoms with Crippen molar-refractivity contribution in [3.05, 3.63) is 77.8 Å². The van der Waals surface area contributed by atoms with Crippen molar-refractivity contribution in [2.75, 3.05) is 13.6 Å². The molecule has 0 bridgehead atoms. The Balaban J connectivity index is 1.60. The van der Waals surface area contributed by atoms with Gasteiger partial charge in [-0.3, -0.25) is 0 Å². The van der Waals surface area contributed by atoms with Gasteiger partial charge in [0.1, 0.15) is 0 Å². The normalized spacial score (nSPS) is 13.4. The molecule has 4 rings (SSSR count). The number of benzene rings is 3. The maximum Gasteiger partial charge on any atom is 0.242 e. The van der Waals surface area contributed by atoms with Gasteiger partial charge in [-0.25, -0.2) is 8.42 Å². The molecule has 0 spiro atoms. The van der Waals surface area contributed by atoms with E-state index in [0.29, 0.717) is 5.02 Å². The summed E-state index contributed by atoms with van der Waals surface area (Å²) >= 11 is 5.85. The van der Waals surface area contributed by atoms with Crippen LogP contribution in [0.4, 0.5) is 0 Å². The molecule has 7 heteroatoms. The number of hydrogen-bond acceptors (Lipinski definition) is 3. The second kappa shape index (κ2) is 7.80. The lowest BCUT2D eigenvalue weighted by Crippen LogP contribution is -2.36. The lowest BCUT2D eigenvalue weighted by atomic mass is 10.2. The number of hydrogen-bond donors (Lipinski definition) is 1. The van der Waals surface area contributed by atoms with Crippen LogP contribution in [0.15, 0.2) is 77.7 Å². The molecule has 29 heavy (non-hydrogen) atoms. The summed E-state index contributed by atoms with van der Waals surface area (Å²) in [7, 11) is -2.24. The van der Waals surface area contributed by atoms with Gasteiger partial charge in [0, 0.05) is 40.4 Å². The van der Waals surface area contributed by atoms with Crippen molar-refractivity contribution < 1.29 is 13.5 Å². The molecule has 0 aliphatic carbocycles. The van der Waals surface area contributed by atoms with E-state index in [2.05, 4.69) is 12.1 Å². The lowest BCUT2D eigenvalue weighted by molar-refractivity contribution is 0.136. The summed E-state index contributed by atoms with van der Waals surface area (Å²) in [6.07, 6.45) is -0.874. The lowest BCUT2D eigenvalue weighted by Gasteiger charge is -2.21. The molecule has 0 radical (unpaired) electrons. The highest BCUT2D eigenvalue weighted by molar-refractivity contribution is 7.89. The number of aliphatic hydroxyl groups is 1. The first-order valence-electron chi connectivity index (χ1n) is 9.24. The molecule has 0 fully saturated rings. The number of rotatable bonds is 6. The van der Waals surface area contributed by atoms with Crippen LogP contribution in [-0.2, 0) is 16.6 Å². The second-order valence-electron chi connectivity index (χ2n) is 7.04. The Bertz CT molecular complexity index is 1210. The fraction of sp³-hybridized carbons (Fsp3) is 0.182. The predicted molar refractivity (Wildman–Crippen MR) is 117 cm³/mol. The molecule has 0 saturated carbocycles. The summed E-state index contributed by atoms with van der Waals surface area (Å²) in [5.74, 6) is 0. The summed E-state index contributed by atoms with van der Waals surface area (Å²) in [6, 6.07) is 22.0. The Kier molecular flexibility index (Phi) is 5.36. The first-order valence-corrected chi connectivity index (χ1v) is 11.1. The van der Waals surface area contributed by atoms with Crippen LogP contribution in [0.3, 0.4) is 0 Å². The Morgan fingerprint density at radius 2 is 1.45 bits per heavy atom. The van der Waals surface area contributed by atoms with Gasteiger partial charge in [0.15, 0.2) is 0 Å². The zero-order valence-corrected chi connectivity index (χ0v) is 17.4. The molecule has 150 valence electrons. The van der Waals surface area contributed by atoms with Crippen LogP contribution in [0.25, 0.3) is 21.8 Å². The molecule has 5 nitrogen and oxygen atoms in total. The predicted octanol–water partition coefficient (Wildman–Crippen LogP) is 4.13. The smallest absolute Gasteiger partial charge is 0.242 e. The molecule has 1 aromatic heterocycles. The summed E-state index contributed by atoms with van der Waals surface area (Å²) in [5.41, 5.74) is 2.02. The minimum absolute atomic E-state index is 0.0220. The van der Waals surface area contributed by atoms with Crippen molar-refractivity contribution in [3.8, 4) is 0 Å². The quantitative estimate of drug-likeness (QED) is 0.502. The minimum atomic E-state index is -3.71. The number of fused-ring (bicyclic) bond motifs is 3. The number of nitrogens with zero attached hydrogens (tertiary/aromatic N) is 2. The monoisotopic (exact) mass is 428 g/mol. The number of likely N-dealkylation sites (N-methyl/N-ethyl adjacent to an activating group) is 1. The van der Waals surface area contributed by atoms with Crippen LogP contribution in [-0.4, -0.2) is 42.1 Å². The Labute approximate surface area is 174 Å². The van der Waals surface area contributed by atoms with Gasteiger partial charge >= 0.3 is 0 Å². The van der Waals surface area contributed by atoms with Crippen molar-refractivity contribution in [3.63, 3.8) is 0 Å². The molecule has 0 saturated heterocycles. The Morgan fingerprint density at radius 1 is 0.931 bits per heavy atom. The van der Waals surface area contributed by atoms with Crippen LogP contribution >= 0.6 is 11.6 Å². The fourth-order valence-corrected chi connectivity index (χ4v) is 4.98. The molecule has 0 amide bonds. The number of aromatic nitrogens is 1. The van der Waals surface area contributed by atoms with Crippen LogP contribution in [0.2, 0.25) is 5.02 Å². The molecule has 1 unspecified atom stereocenters. The standard InChI is InChI=1S/C22H21ClN2O3S/c1-24(29(27,28)18-12-10-16(23)11-13-18)14-17(26)15-25-21-8-4-2-6-19(21)20-7-3-5-9-22(20)25/h2-13,17,26H,14-15H2,1H3. The molecule has 1 atom stereocenters. The van der Waals surface area contributed by atoms with Gasteiger partial charge in [-0.05, 0) is 36.4 Å². The first-order chi connectivity index (χ1) is 13.9. The van der Waals surface area contributed by atoms with E-state index in [-0.39, 0.29) is 18.0 Å². The zero-order valence-electron chi connectivity index (χ0n) is 15.9. The van der Waals surface area contributed by atoms with Gasteiger partial charge < -0.3 is 9.67 Å². The summed E-state index contributed by atoms with van der Waals surface area (Å²) in [4.78, 5) is 0.147. The molecule has 0 aliphatic rings. The molecule has 0 aliphatic heterocycles. The van der Waals surface area contributed by atoms with Gasteiger partial charge in [0.25, 0.3) is 0 Å². The third-order valence-electron chi connectivity index (χ3n) is 5.06. The van der Waals surface area contributed by atoms with Crippen LogP contribution < -0.4 is 0 Å². The Hall–Kier alpha value is -2.38. The highest BCUT2D eigenvalue weighted by atomic mass is 35.5. The number of para-hydroxylation sites is 2. The summed E-state index contributed by atoms with van der Waals surface area (Å²) in [5, 5.41) is 13.4. The SMILES string of the molecule is CN(CC(O)Cn1c2ccccc2c2ccccc21)S(=O)(=O)c1ccc(Cl)cc1. The maximum absolute atomic E-state index is 12.8. The van der Waals surface area contributed by atoms with Crippen LogP contribution in [0.5, 0.6) is 0 Å². The topological polar surface area (TPSA) is 62.5 Å². The number of halogens is 1. The second-order valence-corrected chi connectivity index (χ2v) is 9.52. The average molecular weight is 429 g/mol. The van der Waals surface area contributed by atoms with Crippen molar-refractivity contribution >= 4 is 43.4 Å². The number of aliphatic hydroxyl groups excluding tert-OH is 1. The van der Waals surface area contributed by atoms with Gasteiger partial charge in [0.05, 0.1) is 17.5 Å². The maximum atomic E-state index is 12.8. The molecule has 1 heterocycles. The van der Waals surface area contributed by atoms with E-state index in [0.717, 1.165) is 21.8 Å². The molecular weight excluding hydrogens is 408 g/mol. The fourth-order valence-electron chi connectivity index (χ4n) is 3.65. The van der Waals surface area contributed by atoms with Crippen molar-refractivity contribution in [1.29, 1.82) is 0 Å². The van der Waals surface area contributed by atoms with E-state index >= 15 is 0 Å². The van der Waals surface area contributed by atoms with E-state index in [4.69, 9.17) is 11.6 Å². The largest absolute Gasteiger partial charge is 0.390 e. The highest BCUT2D eigenvalue weighted by Crippen LogP contribution is 2.29. The van der Waals surface area contributed by atoms with Crippen LogP contribution in [0.1, 0.15) is 0 Å². The van der Waals surface area contributed by atoms with Crippen molar-refractivity contribution in [2.24, 2.45) is 0 Å².